The molecule has 1 aliphatic rings. The van der Waals surface area contributed by atoms with Gasteiger partial charge in [-0.3, -0.25) is 0 Å². The van der Waals surface area contributed by atoms with E-state index in [1.54, 1.807) is 0 Å². The molecule has 1 aromatic carbocycles. The summed E-state index contributed by atoms with van der Waals surface area (Å²) in [5, 5.41) is 3.37. The van der Waals surface area contributed by atoms with Gasteiger partial charge in [-0.25, -0.2) is 8.42 Å². The first kappa shape index (κ1) is 11.6. The minimum atomic E-state index is -2.79. The summed E-state index contributed by atoms with van der Waals surface area (Å²) in [5.41, 5.74) is 1.20. The lowest BCUT2D eigenvalue weighted by Gasteiger charge is -2.18. The summed E-state index contributed by atoms with van der Waals surface area (Å²) in [5.74, 6) is 0.607. The van der Waals surface area contributed by atoms with E-state index < -0.39 is 9.84 Å². The lowest BCUT2D eigenvalue weighted by molar-refractivity contribution is 0.485. The molecule has 0 aromatic heterocycles. The summed E-state index contributed by atoms with van der Waals surface area (Å²) in [6, 6.07) is 10.4. The van der Waals surface area contributed by atoms with Crippen LogP contribution in [0.5, 0.6) is 0 Å². The van der Waals surface area contributed by atoms with Crippen molar-refractivity contribution < 1.29 is 8.42 Å². The normalized spacial score (nSPS) is 25.4. The zero-order chi connectivity index (χ0) is 11.6. The molecule has 0 bridgehead atoms. The molecule has 88 valence electrons. The predicted octanol–water partition coefficient (Wildman–Crippen LogP) is 1.52. The van der Waals surface area contributed by atoms with Gasteiger partial charge in [-0.1, -0.05) is 30.3 Å². The molecule has 1 heterocycles. The molecule has 2 rings (SSSR count). The van der Waals surface area contributed by atoms with Crippen LogP contribution in [0.4, 0.5) is 0 Å². The van der Waals surface area contributed by atoms with Gasteiger partial charge in [-0.2, -0.15) is 0 Å². The Kier molecular flexibility index (Phi) is 3.30. The Hall–Kier alpha value is -0.870. The molecule has 4 heteroatoms. The van der Waals surface area contributed by atoms with Crippen LogP contribution in [0.15, 0.2) is 30.3 Å². The minimum Gasteiger partial charge on any atom is -0.306 e. The Balaban J connectivity index is 1.96. The van der Waals surface area contributed by atoms with Crippen molar-refractivity contribution in [2.24, 2.45) is 0 Å². The molecule has 1 N–H and O–H groups in total. The quantitative estimate of drug-likeness (QED) is 0.870. The lowest BCUT2D eigenvalue weighted by atomic mass is 10.1. The molecule has 0 radical (unpaired) electrons. The number of hydrogen-bond donors (Lipinski definition) is 1. The second kappa shape index (κ2) is 4.55. The van der Waals surface area contributed by atoms with E-state index in [0.29, 0.717) is 5.75 Å². The third-order valence-corrected chi connectivity index (χ3v) is 4.79. The van der Waals surface area contributed by atoms with E-state index in [1.165, 1.54) is 5.56 Å². The standard InChI is InChI=1S/C12H17NO2S/c1-10(11-5-3-2-4-6-11)13-12-7-8-16(14,15)9-12/h2-6,10,12-13H,7-9H2,1H3/t10-,12?/m1/s1. The Morgan fingerprint density at radius 3 is 2.56 bits per heavy atom. The van der Waals surface area contributed by atoms with Gasteiger partial charge in [-0.05, 0) is 18.9 Å². The van der Waals surface area contributed by atoms with Crippen LogP contribution >= 0.6 is 0 Å². The predicted molar refractivity (Wildman–Crippen MR) is 65.1 cm³/mol. The van der Waals surface area contributed by atoms with Crippen molar-refractivity contribution in [2.75, 3.05) is 11.5 Å². The SMILES string of the molecule is C[C@@H](NC1CCS(=O)(=O)C1)c1ccccc1. The van der Waals surface area contributed by atoms with Crippen molar-refractivity contribution >= 4 is 9.84 Å². The first-order valence-electron chi connectivity index (χ1n) is 5.58. The van der Waals surface area contributed by atoms with Crippen LogP contribution in [0.1, 0.15) is 24.9 Å². The number of nitrogens with one attached hydrogen (secondary N) is 1. The molecule has 1 aromatic rings. The molecular formula is C12H17NO2S. The largest absolute Gasteiger partial charge is 0.306 e. The fourth-order valence-electron chi connectivity index (χ4n) is 2.12. The van der Waals surface area contributed by atoms with Gasteiger partial charge in [0.15, 0.2) is 9.84 Å². The van der Waals surface area contributed by atoms with Crippen LogP contribution in [-0.2, 0) is 9.84 Å². The van der Waals surface area contributed by atoms with Gasteiger partial charge in [0, 0.05) is 12.1 Å². The highest BCUT2D eigenvalue weighted by Crippen LogP contribution is 2.17. The number of benzene rings is 1. The second-order valence-electron chi connectivity index (χ2n) is 4.40. The molecule has 1 fully saturated rings. The maximum atomic E-state index is 11.3. The fraction of sp³-hybridized carbons (Fsp3) is 0.500. The first-order valence-corrected chi connectivity index (χ1v) is 7.40. The fourth-order valence-corrected chi connectivity index (χ4v) is 3.80. The summed E-state index contributed by atoms with van der Waals surface area (Å²) in [4.78, 5) is 0. The van der Waals surface area contributed by atoms with Gasteiger partial charge in [-0.15, -0.1) is 0 Å². The zero-order valence-electron chi connectivity index (χ0n) is 9.39. The molecule has 2 atom stereocenters. The van der Waals surface area contributed by atoms with Crippen LogP contribution in [0.25, 0.3) is 0 Å². The highest BCUT2D eigenvalue weighted by molar-refractivity contribution is 7.91. The van der Waals surface area contributed by atoms with Crippen molar-refractivity contribution in [3.63, 3.8) is 0 Å². The average Bonchev–Trinajstić information content (AvgIpc) is 2.59. The van der Waals surface area contributed by atoms with Gasteiger partial charge in [0.25, 0.3) is 0 Å². The third-order valence-electron chi connectivity index (χ3n) is 3.02. The van der Waals surface area contributed by atoms with E-state index in [4.69, 9.17) is 0 Å². The molecule has 0 spiro atoms. The molecule has 0 aliphatic carbocycles. The van der Waals surface area contributed by atoms with Gasteiger partial charge < -0.3 is 5.32 Å². The van der Waals surface area contributed by atoms with E-state index >= 15 is 0 Å². The van der Waals surface area contributed by atoms with Crippen LogP contribution in [0.3, 0.4) is 0 Å². The van der Waals surface area contributed by atoms with E-state index in [2.05, 4.69) is 24.4 Å². The highest BCUT2D eigenvalue weighted by atomic mass is 32.2. The Labute approximate surface area is 96.8 Å². The van der Waals surface area contributed by atoms with Crippen molar-refractivity contribution in [1.82, 2.24) is 5.32 Å². The number of hydrogen-bond acceptors (Lipinski definition) is 3. The first-order chi connectivity index (χ1) is 7.57. The van der Waals surface area contributed by atoms with Crippen molar-refractivity contribution in [3.05, 3.63) is 35.9 Å². The summed E-state index contributed by atoms with van der Waals surface area (Å²) in [6.45, 7) is 2.07. The van der Waals surface area contributed by atoms with E-state index in [9.17, 15) is 8.42 Å². The smallest absolute Gasteiger partial charge is 0.151 e. The summed E-state index contributed by atoms with van der Waals surface area (Å²) in [7, 11) is -2.79. The van der Waals surface area contributed by atoms with Crippen LogP contribution in [0, 0.1) is 0 Å². The third kappa shape index (κ3) is 2.83. The topological polar surface area (TPSA) is 46.2 Å². The lowest BCUT2D eigenvalue weighted by Crippen LogP contribution is -2.32. The van der Waals surface area contributed by atoms with Gasteiger partial charge in [0.1, 0.15) is 0 Å². The van der Waals surface area contributed by atoms with Gasteiger partial charge in [0.2, 0.25) is 0 Å². The Bertz CT molecular complexity index is 441. The van der Waals surface area contributed by atoms with Crippen molar-refractivity contribution in [3.8, 4) is 0 Å². The molecule has 0 amide bonds. The molecular weight excluding hydrogens is 222 g/mol. The van der Waals surface area contributed by atoms with E-state index in [-0.39, 0.29) is 17.8 Å². The molecule has 1 unspecified atom stereocenters. The monoisotopic (exact) mass is 239 g/mol. The minimum absolute atomic E-state index is 0.111. The van der Waals surface area contributed by atoms with Crippen molar-refractivity contribution in [2.45, 2.75) is 25.4 Å². The second-order valence-corrected chi connectivity index (χ2v) is 6.63. The zero-order valence-corrected chi connectivity index (χ0v) is 10.2. The van der Waals surface area contributed by atoms with Gasteiger partial charge >= 0.3 is 0 Å². The van der Waals surface area contributed by atoms with E-state index in [0.717, 1.165) is 6.42 Å². The summed E-state index contributed by atoms with van der Waals surface area (Å²) >= 11 is 0. The maximum Gasteiger partial charge on any atom is 0.151 e. The number of sulfone groups is 1. The van der Waals surface area contributed by atoms with Crippen LogP contribution < -0.4 is 5.32 Å². The van der Waals surface area contributed by atoms with Crippen LogP contribution in [-0.4, -0.2) is 26.0 Å². The molecule has 0 saturated carbocycles. The van der Waals surface area contributed by atoms with Gasteiger partial charge in [0.05, 0.1) is 11.5 Å². The molecule has 1 aliphatic heterocycles. The van der Waals surface area contributed by atoms with E-state index in [1.807, 2.05) is 18.2 Å². The van der Waals surface area contributed by atoms with Crippen LogP contribution in [0.2, 0.25) is 0 Å². The maximum absolute atomic E-state index is 11.3. The summed E-state index contributed by atoms with van der Waals surface area (Å²) in [6.07, 6.45) is 0.736. The molecule has 3 nitrogen and oxygen atoms in total. The molecule has 16 heavy (non-hydrogen) atoms. The van der Waals surface area contributed by atoms with Crippen molar-refractivity contribution in [1.29, 1.82) is 0 Å². The molecule has 1 saturated heterocycles. The average molecular weight is 239 g/mol. The number of rotatable bonds is 3. The Morgan fingerprint density at radius 1 is 1.31 bits per heavy atom. The summed E-state index contributed by atoms with van der Waals surface area (Å²) < 4.78 is 22.6. The highest BCUT2D eigenvalue weighted by Gasteiger charge is 2.28. The Morgan fingerprint density at radius 2 is 2.00 bits per heavy atom.